The van der Waals surface area contributed by atoms with Crippen molar-refractivity contribution >= 4 is 0 Å². The molecule has 1 atom stereocenters. The lowest BCUT2D eigenvalue weighted by Crippen LogP contribution is -2.38. The molecule has 0 spiro atoms. The van der Waals surface area contributed by atoms with E-state index in [0.717, 1.165) is 24.8 Å². The Morgan fingerprint density at radius 2 is 1.90 bits per heavy atom. The first-order valence-corrected chi connectivity index (χ1v) is 7.78. The minimum atomic E-state index is 0.393. The Hall–Kier alpha value is -1.06. The molecule has 20 heavy (non-hydrogen) atoms. The monoisotopic (exact) mass is 276 g/mol. The van der Waals surface area contributed by atoms with Crippen molar-refractivity contribution in [3.63, 3.8) is 0 Å². The van der Waals surface area contributed by atoms with E-state index in [0.29, 0.717) is 6.04 Å². The molecule has 3 heteroatoms. The minimum Gasteiger partial charge on any atom is -0.497 e. The van der Waals surface area contributed by atoms with Crippen LogP contribution in [0.25, 0.3) is 0 Å². The highest BCUT2D eigenvalue weighted by molar-refractivity contribution is 5.28. The highest BCUT2D eigenvalue weighted by atomic mass is 16.5. The van der Waals surface area contributed by atoms with Crippen LogP contribution in [-0.2, 0) is 0 Å². The molecule has 0 saturated carbocycles. The van der Waals surface area contributed by atoms with Gasteiger partial charge in [0.1, 0.15) is 5.75 Å². The van der Waals surface area contributed by atoms with Gasteiger partial charge in [0, 0.05) is 19.1 Å². The van der Waals surface area contributed by atoms with Gasteiger partial charge in [-0.25, -0.2) is 0 Å². The summed E-state index contributed by atoms with van der Waals surface area (Å²) in [7, 11) is 1.70. The van der Waals surface area contributed by atoms with Crippen molar-refractivity contribution < 1.29 is 4.74 Å². The second kappa shape index (κ2) is 7.65. The number of nitrogens with one attached hydrogen (secondary N) is 1. The minimum absolute atomic E-state index is 0.393. The molecule has 2 rings (SSSR count). The molecular weight excluding hydrogens is 248 g/mol. The van der Waals surface area contributed by atoms with Crippen LogP contribution in [0.1, 0.15) is 38.3 Å². The normalized spacial score (nSPS) is 18.9. The Kier molecular flexibility index (Phi) is 5.86. The van der Waals surface area contributed by atoms with Crippen LogP contribution in [-0.4, -0.2) is 38.2 Å². The number of benzene rings is 1. The molecule has 0 radical (unpaired) electrons. The lowest BCUT2D eigenvalue weighted by atomic mass is 9.99. The molecule has 3 nitrogen and oxygen atoms in total. The Labute approximate surface area is 123 Å². The van der Waals surface area contributed by atoms with Crippen LogP contribution in [0.2, 0.25) is 0 Å². The third-order valence-electron chi connectivity index (χ3n) is 4.37. The second-order valence-corrected chi connectivity index (χ2v) is 5.97. The summed E-state index contributed by atoms with van der Waals surface area (Å²) in [5.74, 6) is 1.83. The molecule has 1 N–H and O–H groups in total. The molecule has 0 bridgehead atoms. The largest absolute Gasteiger partial charge is 0.497 e. The maximum Gasteiger partial charge on any atom is 0.118 e. The Bertz CT molecular complexity index is 382. The van der Waals surface area contributed by atoms with Gasteiger partial charge in [0.25, 0.3) is 0 Å². The van der Waals surface area contributed by atoms with E-state index in [-0.39, 0.29) is 0 Å². The van der Waals surface area contributed by atoms with Gasteiger partial charge >= 0.3 is 0 Å². The van der Waals surface area contributed by atoms with E-state index < -0.39 is 0 Å². The number of methoxy groups -OCH3 is 1. The first-order chi connectivity index (χ1) is 9.69. The fourth-order valence-electron chi connectivity index (χ4n) is 2.74. The maximum atomic E-state index is 5.19. The molecule has 1 unspecified atom stereocenters. The first-order valence-electron chi connectivity index (χ1n) is 7.78. The number of piperidine rings is 1. The summed E-state index contributed by atoms with van der Waals surface area (Å²) in [4.78, 5) is 2.58. The van der Waals surface area contributed by atoms with Crippen LogP contribution >= 0.6 is 0 Å². The van der Waals surface area contributed by atoms with Gasteiger partial charge in [-0.15, -0.1) is 0 Å². The van der Waals surface area contributed by atoms with Crippen molar-refractivity contribution in [2.24, 2.45) is 5.92 Å². The Balaban J connectivity index is 1.70. The number of rotatable bonds is 6. The highest BCUT2D eigenvalue weighted by Crippen LogP contribution is 2.18. The summed E-state index contributed by atoms with van der Waals surface area (Å²) in [6.45, 7) is 9.33. The van der Waals surface area contributed by atoms with Gasteiger partial charge in [0.15, 0.2) is 0 Å². The number of nitrogens with zero attached hydrogens (tertiary/aromatic N) is 1. The summed E-state index contributed by atoms with van der Waals surface area (Å²) in [5, 5.41) is 3.61. The number of likely N-dealkylation sites (tertiary alicyclic amines) is 1. The Morgan fingerprint density at radius 1 is 1.25 bits per heavy atom. The van der Waals surface area contributed by atoms with Gasteiger partial charge in [-0.05, 0) is 56.5 Å². The zero-order valence-electron chi connectivity index (χ0n) is 13.1. The molecule has 112 valence electrons. The van der Waals surface area contributed by atoms with Crippen molar-refractivity contribution in [2.75, 3.05) is 33.3 Å². The van der Waals surface area contributed by atoms with Gasteiger partial charge < -0.3 is 15.0 Å². The predicted octanol–water partition coefficient (Wildman–Crippen LogP) is 3.08. The lowest BCUT2D eigenvalue weighted by molar-refractivity contribution is 0.191. The third-order valence-corrected chi connectivity index (χ3v) is 4.37. The summed E-state index contributed by atoms with van der Waals surface area (Å²) >= 11 is 0. The van der Waals surface area contributed by atoms with E-state index in [4.69, 9.17) is 4.74 Å². The average molecular weight is 276 g/mol. The third kappa shape index (κ3) is 4.50. The van der Waals surface area contributed by atoms with Crippen molar-refractivity contribution in [3.05, 3.63) is 29.8 Å². The molecule has 1 saturated heterocycles. The molecule has 0 aliphatic carbocycles. The standard InChI is InChI=1S/C17H28N2O/c1-14-8-11-19(12-9-14)13-10-18-15(2)16-4-6-17(20-3)7-5-16/h4-7,14-15,18H,8-13H2,1-3H3. The van der Waals surface area contributed by atoms with E-state index in [2.05, 4.69) is 36.2 Å². The predicted molar refractivity (Wildman–Crippen MR) is 84.2 cm³/mol. The van der Waals surface area contributed by atoms with E-state index in [1.54, 1.807) is 7.11 Å². The molecule has 1 aromatic carbocycles. The van der Waals surface area contributed by atoms with Crippen LogP contribution in [0.5, 0.6) is 5.75 Å². The van der Waals surface area contributed by atoms with Crippen molar-refractivity contribution in [1.29, 1.82) is 0 Å². The van der Waals surface area contributed by atoms with Gasteiger partial charge in [0.2, 0.25) is 0 Å². The van der Waals surface area contributed by atoms with E-state index in [1.807, 2.05) is 12.1 Å². The second-order valence-electron chi connectivity index (χ2n) is 5.97. The fourth-order valence-corrected chi connectivity index (χ4v) is 2.74. The SMILES string of the molecule is COc1ccc(C(C)NCCN2CCC(C)CC2)cc1. The van der Waals surface area contributed by atoms with Crippen molar-refractivity contribution in [2.45, 2.75) is 32.7 Å². The van der Waals surface area contributed by atoms with E-state index in [1.165, 1.54) is 31.5 Å². The highest BCUT2D eigenvalue weighted by Gasteiger charge is 2.15. The molecule has 1 aliphatic heterocycles. The average Bonchev–Trinajstić information content (AvgIpc) is 2.49. The maximum absolute atomic E-state index is 5.19. The van der Waals surface area contributed by atoms with Gasteiger partial charge in [0.05, 0.1) is 7.11 Å². The fraction of sp³-hybridized carbons (Fsp3) is 0.647. The van der Waals surface area contributed by atoms with Crippen LogP contribution in [0, 0.1) is 5.92 Å². The molecule has 1 fully saturated rings. The molecule has 0 aromatic heterocycles. The van der Waals surface area contributed by atoms with Crippen molar-refractivity contribution in [3.8, 4) is 5.75 Å². The number of hydrogen-bond donors (Lipinski definition) is 1. The van der Waals surface area contributed by atoms with Crippen LogP contribution in [0.4, 0.5) is 0 Å². The Morgan fingerprint density at radius 3 is 2.50 bits per heavy atom. The lowest BCUT2D eigenvalue weighted by Gasteiger charge is -2.30. The van der Waals surface area contributed by atoms with Gasteiger partial charge in [-0.3, -0.25) is 0 Å². The van der Waals surface area contributed by atoms with E-state index >= 15 is 0 Å². The van der Waals surface area contributed by atoms with Crippen LogP contribution in [0.15, 0.2) is 24.3 Å². The first kappa shape index (κ1) is 15.3. The van der Waals surface area contributed by atoms with E-state index in [9.17, 15) is 0 Å². The zero-order valence-corrected chi connectivity index (χ0v) is 13.1. The zero-order chi connectivity index (χ0) is 14.4. The smallest absolute Gasteiger partial charge is 0.118 e. The van der Waals surface area contributed by atoms with Crippen molar-refractivity contribution in [1.82, 2.24) is 10.2 Å². The molecule has 1 aliphatic rings. The summed E-state index contributed by atoms with van der Waals surface area (Å²) < 4.78 is 5.19. The molecule has 1 heterocycles. The van der Waals surface area contributed by atoms with Crippen LogP contribution < -0.4 is 10.1 Å². The summed E-state index contributed by atoms with van der Waals surface area (Å²) in [6, 6.07) is 8.72. The number of ether oxygens (including phenoxy) is 1. The van der Waals surface area contributed by atoms with Crippen LogP contribution in [0.3, 0.4) is 0 Å². The van der Waals surface area contributed by atoms with Gasteiger partial charge in [-0.1, -0.05) is 19.1 Å². The summed E-state index contributed by atoms with van der Waals surface area (Å²) in [6.07, 6.45) is 2.71. The number of hydrogen-bond acceptors (Lipinski definition) is 3. The quantitative estimate of drug-likeness (QED) is 0.864. The molecule has 1 aromatic rings. The molecule has 0 amide bonds. The summed E-state index contributed by atoms with van der Waals surface area (Å²) in [5.41, 5.74) is 1.32. The topological polar surface area (TPSA) is 24.5 Å². The van der Waals surface area contributed by atoms with Gasteiger partial charge in [-0.2, -0.15) is 0 Å². The molecular formula is C17H28N2O.